The van der Waals surface area contributed by atoms with E-state index in [1.807, 2.05) is 36.4 Å². The number of hydrogen-bond acceptors (Lipinski definition) is 4. The van der Waals surface area contributed by atoms with E-state index in [2.05, 4.69) is 4.72 Å². The third-order valence-electron chi connectivity index (χ3n) is 5.13. The highest BCUT2D eigenvalue weighted by molar-refractivity contribution is 7.89. The molecule has 0 fully saturated rings. The summed E-state index contributed by atoms with van der Waals surface area (Å²) in [6.07, 6.45) is 4.29. The first-order chi connectivity index (χ1) is 14.0. The normalized spacial score (nSPS) is 13.6. The predicted octanol–water partition coefficient (Wildman–Crippen LogP) is 2.77. The summed E-state index contributed by atoms with van der Waals surface area (Å²) < 4.78 is 33.2. The number of amides is 1. The van der Waals surface area contributed by atoms with Crippen LogP contribution in [0.1, 0.15) is 30.4 Å². The van der Waals surface area contributed by atoms with Gasteiger partial charge in [0.15, 0.2) is 0 Å². The standard InChI is InChI=1S/C22H28N2O4S/c1-24(15-16-28-20-9-3-2-4-10-20)22(25)13-14-23-29(26,27)21-12-11-18-7-5-6-8-19(18)17-21/h2-4,9-12,17,23H,5-8,13-16H2,1H3. The number of ether oxygens (including phenoxy) is 1. The van der Waals surface area contributed by atoms with Crippen LogP contribution < -0.4 is 9.46 Å². The van der Waals surface area contributed by atoms with Crippen LogP contribution in [-0.2, 0) is 27.7 Å². The molecule has 0 bridgehead atoms. The Bertz CT molecular complexity index is 929. The molecule has 0 radical (unpaired) electrons. The van der Waals surface area contributed by atoms with Crippen molar-refractivity contribution in [2.24, 2.45) is 0 Å². The summed E-state index contributed by atoms with van der Waals surface area (Å²) in [6.45, 7) is 0.889. The molecule has 2 aromatic carbocycles. The van der Waals surface area contributed by atoms with Gasteiger partial charge in [-0.25, -0.2) is 13.1 Å². The summed E-state index contributed by atoms with van der Waals surface area (Å²) in [7, 11) is -1.92. The van der Waals surface area contributed by atoms with Gasteiger partial charge in [0, 0.05) is 20.0 Å². The van der Waals surface area contributed by atoms with Crippen LogP contribution in [0.15, 0.2) is 53.4 Å². The largest absolute Gasteiger partial charge is 0.492 e. The SMILES string of the molecule is CN(CCOc1ccccc1)C(=O)CCNS(=O)(=O)c1ccc2c(c1)CCCC2. The van der Waals surface area contributed by atoms with Crippen molar-refractivity contribution in [2.45, 2.75) is 37.0 Å². The second-order valence-electron chi connectivity index (χ2n) is 7.26. The van der Waals surface area contributed by atoms with E-state index in [1.165, 1.54) is 5.56 Å². The number of hydrogen-bond donors (Lipinski definition) is 1. The zero-order chi connectivity index (χ0) is 20.7. The summed E-state index contributed by atoms with van der Waals surface area (Å²) in [4.78, 5) is 14.1. The number of sulfonamides is 1. The Morgan fingerprint density at radius 2 is 1.79 bits per heavy atom. The maximum atomic E-state index is 12.5. The van der Waals surface area contributed by atoms with Crippen LogP contribution in [0.5, 0.6) is 5.75 Å². The second kappa shape index (κ2) is 9.89. The van der Waals surface area contributed by atoms with Crippen molar-refractivity contribution >= 4 is 15.9 Å². The van der Waals surface area contributed by atoms with E-state index in [0.29, 0.717) is 13.2 Å². The zero-order valence-corrected chi connectivity index (χ0v) is 17.6. The van der Waals surface area contributed by atoms with Crippen LogP contribution in [-0.4, -0.2) is 46.0 Å². The van der Waals surface area contributed by atoms with E-state index < -0.39 is 10.0 Å². The summed E-state index contributed by atoms with van der Waals surface area (Å²) in [5.74, 6) is 0.626. The van der Waals surface area contributed by atoms with Crippen LogP contribution in [0.25, 0.3) is 0 Å². The Morgan fingerprint density at radius 3 is 2.55 bits per heavy atom. The molecule has 1 aliphatic carbocycles. The number of nitrogens with zero attached hydrogens (tertiary/aromatic N) is 1. The molecule has 0 saturated carbocycles. The molecule has 0 spiro atoms. The molecule has 0 aromatic heterocycles. The van der Waals surface area contributed by atoms with Gasteiger partial charge < -0.3 is 9.64 Å². The van der Waals surface area contributed by atoms with Gasteiger partial charge in [-0.15, -0.1) is 0 Å². The summed E-state index contributed by atoms with van der Waals surface area (Å²) in [5, 5.41) is 0. The first-order valence-corrected chi connectivity index (χ1v) is 11.5. The fraction of sp³-hybridized carbons (Fsp3) is 0.409. The molecule has 2 aromatic rings. The highest BCUT2D eigenvalue weighted by Gasteiger charge is 2.18. The lowest BCUT2D eigenvalue weighted by atomic mass is 9.92. The Labute approximate surface area is 172 Å². The van der Waals surface area contributed by atoms with Crippen molar-refractivity contribution in [3.05, 3.63) is 59.7 Å². The van der Waals surface area contributed by atoms with Gasteiger partial charge in [0.2, 0.25) is 15.9 Å². The molecule has 1 aliphatic rings. The van der Waals surface area contributed by atoms with Crippen molar-refractivity contribution in [1.82, 2.24) is 9.62 Å². The highest BCUT2D eigenvalue weighted by Crippen LogP contribution is 2.24. The molecule has 156 valence electrons. The zero-order valence-electron chi connectivity index (χ0n) is 16.8. The second-order valence-corrected chi connectivity index (χ2v) is 9.03. The van der Waals surface area contributed by atoms with Crippen molar-refractivity contribution in [3.8, 4) is 5.75 Å². The topological polar surface area (TPSA) is 75.7 Å². The van der Waals surface area contributed by atoms with Gasteiger partial charge in [-0.2, -0.15) is 0 Å². The molecule has 7 heteroatoms. The molecule has 0 unspecified atom stereocenters. The van der Waals surface area contributed by atoms with Crippen LogP contribution in [0.4, 0.5) is 0 Å². The van der Waals surface area contributed by atoms with Crippen molar-refractivity contribution in [1.29, 1.82) is 0 Å². The lowest BCUT2D eigenvalue weighted by Crippen LogP contribution is -2.34. The number of fused-ring (bicyclic) bond motifs is 1. The van der Waals surface area contributed by atoms with Gasteiger partial charge in [-0.05, 0) is 61.1 Å². The number of nitrogens with one attached hydrogen (secondary N) is 1. The number of para-hydroxylation sites is 1. The van der Waals surface area contributed by atoms with Gasteiger partial charge in [-0.3, -0.25) is 4.79 Å². The quantitative estimate of drug-likeness (QED) is 0.682. The summed E-state index contributed by atoms with van der Waals surface area (Å²) >= 11 is 0. The first kappa shape index (κ1) is 21.3. The van der Waals surface area contributed by atoms with Gasteiger partial charge in [0.25, 0.3) is 0 Å². The smallest absolute Gasteiger partial charge is 0.240 e. The highest BCUT2D eigenvalue weighted by atomic mass is 32.2. The molecule has 1 amide bonds. The molecule has 0 heterocycles. The van der Waals surface area contributed by atoms with E-state index in [0.717, 1.165) is 37.0 Å². The molecule has 3 rings (SSSR count). The van der Waals surface area contributed by atoms with Crippen LogP contribution in [0, 0.1) is 0 Å². The van der Waals surface area contributed by atoms with Gasteiger partial charge in [0.05, 0.1) is 11.4 Å². The molecular formula is C22H28N2O4S. The van der Waals surface area contributed by atoms with Crippen molar-refractivity contribution < 1.29 is 17.9 Å². The van der Waals surface area contributed by atoms with Gasteiger partial charge >= 0.3 is 0 Å². The van der Waals surface area contributed by atoms with Gasteiger partial charge in [-0.1, -0.05) is 24.3 Å². The molecule has 0 saturated heterocycles. The number of aryl methyl sites for hydroxylation is 2. The Kier molecular flexibility index (Phi) is 7.28. The molecule has 0 aliphatic heterocycles. The van der Waals surface area contributed by atoms with Crippen LogP contribution in [0.2, 0.25) is 0 Å². The Morgan fingerprint density at radius 1 is 1.07 bits per heavy atom. The third kappa shape index (κ3) is 6.05. The predicted molar refractivity (Wildman–Crippen MR) is 112 cm³/mol. The number of rotatable bonds is 9. The van der Waals surface area contributed by atoms with Crippen molar-refractivity contribution in [3.63, 3.8) is 0 Å². The molecule has 6 nitrogen and oxygen atoms in total. The lowest BCUT2D eigenvalue weighted by molar-refractivity contribution is -0.130. The molecule has 1 N–H and O–H groups in total. The van der Waals surface area contributed by atoms with E-state index in [-0.39, 0.29) is 23.8 Å². The summed E-state index contributed by atoms with van der Waals surface area (Å²) in [6, 6.07) is 14.7. The van der Waals surface area contributed by atoms with E-state index in [1.54, 1.807) is 24.1 Å². The number of carbonyl (C=O) groups is 1. The van der Waals surface area contributed by atoms with Crippen molar-refractivity contribution in [2.75, 3.05) is 26.7 Å². The fourth-order valence-corrected chi connectivity index (χ4v) is 4.47. The van der Waals surface area contributed by atoms with Gasteiger partial charge in [0.1, 0.15) is 12.4 Å². The maximum Gasteiger partial charge on any atom is 0.240 e. The minimum absolute atomic E-state index is 0.0716. The van der Waals surface area contributed by atoms with Crippen LogP contribution in [0.3, 0.4) is 0 Å². The molecule has 0 atom stereocenters. The van der Waals surface area contributed by atoms with Crippen LogP contribution >= 0.6 is 0 Å². The Balaban J connectivity index is 1.44. The average molecular weight is 417 g/mol. The minimum Gasteiger partial charge on any atom is -0.492 e. The van der Waals surface area contributed by atoms with E-state index >= 15 is 0 Å². The third-order valence-corrected chi connectivity index (χ3v) is 6.58. The van der Waals surface area contributed by atoms with E-state index in [9.17, 15) is 13.2 Å². The van der Waals surface area contributed by atoms with E-state index in [4.69, 9.17) is 4.74 Å². The average Bonchev–Trinajstić information content (AvgIpc) is 2.74. The minimum atomic E-state index is -3.61. The maximum absolute atomic E-state index is 12.5. The number of carbonyl (C=O) groups excluding carboxylic acids is 1. The number of likely N-dealkylation sites (N-methyl/N-ethyl adjacent to an activating group) is 1. The Hall–Kier alpha value is -2.38. The first-order valence-electron chi connectivity index (χ1n) is 9.99. The monoisotopic (exact) mass is 416 g/mol. The summed E-state index contributed by atoms with van der Waals surface area (Å²) in [5.41, 5.74) is 2.36. The molecular weight excluding hydrogens is 388 g/mol. The lowest BCUT2D eigenvalue weighted by Gasteiger charge is -2.18. The fourth-order valence-electron chi connectivity index (χ4n) is 3.39. The molecule has 29 heavy (non-hydrogen) atoms. The number of benzene rings is 2.